The number of carbonyl (C=O) groups excluding carboxylic acids is 1. The highest BCUT2D eigenvalue weighted by atomic mass is 19.1. The number of benzene rings is 2. The summed E-state index contributed by atoms with van der Waals surface area (Å²) in [6, 6.07) is 15.3. The Kier molecular flexibility index (Phi) is 4.04. The predicted octanol–water partition coefficient (Wildman–Crippen LogP) is 4.13. The second kappa shape index (κ2) is 6.59. The number of hydrogen-bond acceptors (Lipinski definition) is 2. The highest BCUT2D eigenvalue weighted by Crippen LogP contribution is 2.38. The minimum atomic E-state index is -0.257. The van der Waals surface area contributed by atoms with Gasteiger partial charge in [0.05, 0.1) is 11.7 Å². The van der Waals surface area contributed by atoms with Crippen LogP contribution >= 0.6 is 0 Å². The first kappa shape index (κ1) is 17.2. The molecule has 2 heterocycles. The van der Waals surface area contributed by atoms with Crippen molar-refractivity contribution in [2.75, 3.05) is 6.54 Å². The topological polar surface area (TPSA) is 38.1 Å². The summed E-state index contributed by atoms with van der Waals surface area (Å²) in [5.41, 5.74) is 6.79. The molecule has 1 aliphatic carbocycles. The summed E-state index contributed by atoms with van der Waals surface area (Å²) in [6.07, 6.45) is 2.88. The standard InChI is InChI=1S/C23H22FN3O/c1-15(28)26-13-12-22-20(14-26)23(17-6-9-18(24)10-7-17)25-27(22)21-11-8-16-4-2-3-5-19(16)21/h2-7,9-10,21H,8,11-14H2,1H3. The van der Waals surface area contributed by atoms with Gasteiger partial charge in [-0.3, -0.25) is 9.48 Å². The second-order valence-electron chi connectivity index (χ2n) is 7.67. The van der Waals surface area contributed by atoms with Crippen molar-refractivity contribution in [1.29, 1.82) is 0 Å². The van der Waals surface area contributed by atoms with Crippen LogP contribution < -0.4 is 0 Å². The summed E-state index contributed by atoms with van der Waals surface area (Å²) in [7, 11) is 0. The fourth-order valence-corrected chi connectivity index (χ4v) is 4.60. The van der Waals surface area contributed by atoms with Crippen LogP contribution in [0.15, 0.2) is 48.5 Å². The van der Waals surface area contributed by atoms with Crippen LogP contribution in [0.25, 0.3) is 11.3 Å². The zero-order chi connectivity index (χ0) is 19.3. The van der Waals surface area contributed by atoms with Gasteiger partial charge in [-0.2, -0.15) is 5.10 Å². The van der Waals surface area contributed by atoms with E-state index in [1.807, 2.05) is 4.90 Å². The van der Waals surface area contributed by atoms with Gasteiger partial charge in [-0.1, -0.05) is 24.3 Å². The molecule has 1 amide bonds. The first-order valence-electron chi connectivity index (χ1n) is 9.81. The Morgan fingerprint density at radius 3 is 2.68 bits per heavy atom. The number of fused-ring (bicyclic) bond motifs is 2. The van der Waals surface area contributed by atoms with Crippen molar-refractivity contribution in [1.82, 2.24) is 14.7 Å². The number of halogens is 1. The van der Waals surface area contributed by atoms with Gasteiger partial charge >= 0.3 is 0 Å². The Hall–Kier alpha value is -2.95. The summed E-state index contributed by atoms with van der Waals surface area (Å²) in [4.78, 5) is 13.8. The molecule has 1 atom stereocenters. The molecule has 5 heteroatoms. The Morgan fingerprint density at radius 2 is 1.89 bits per heavy atom. The molecule has 1 unspecified atom stereocenters. The minimum absolute atomic E-state index is 0.0784. The lowest BCUT2D eigenvalue weighted by Gasteiger charge is -2.28. The molecule has 28 heavy (non-hydrogen) atoms. The molecule has 2 aliphatic rings. The van der Waals surface area contributed by atoms with E-state index in [1.54, 1.807) is 19.1 Å². The SMILES string of the molecule is CC(=O)N1CCc2c(c(-c3ccc(F)cc3)nn2C2CCc3ccccc32)C1. The Bertz CT molecular complexity index is 1050. The van der Waals surface area contributed by atoms with E-state index in [9.17, 15) is 9.18 Å². The Balaban J connectivity index is 1.64. The number of amides is 1. The quantitative estimate of drug-likeness (QED) is 0.675. The molecule has 0 spiro atoms. The number of aryl methyl sites for hydroxylation is 1. The molecule has 142 valence electrons. The zero-order valence-electron chi connectivity index (χ0n) is 15.9. The van der Waals surface area contributed by atoms with Crippen molar-refractivity contribution >= 4 is 5.91 Å². The van der Waals surface area contributed by atoms with Crippen molar-refractivity contribution in [2.24, 2.45) is 0 Å². The fourth-order valence-electron chi connectivity index (χ4n) is 4.60. The number of rotatable bonds is 2. The van der Waals surface area contributed by atoms with Gasteiger partial charge in [-0.15, -0.1) is 0 Å². The van der Waals surface area contributed by atoms with E-state index in [0.29, 0.717) is 13.1 Å². The fraction of sp³-hybridized carbons (Fsp3) is 0.304. The van der Waals surface area contributed by atoms with Gasteiger partial charge in [-0.05, 0) is 48.2 Å². The van der Waals surface area contributed by atoms with Gasteiger partial charge in [0.25, 0.3) is 0 Å². The van der Waals surface area contributed by atoms with Crippen LogP contribution in [-0.4, -0.2) is 27.1 Å². The van der Waals surface area contributed by atoms with Crippen molar-refractivity contribution in [3.63, 3.8) is 0 Å². The molecule has 0 fully saturated rings. The van der Waals surface area contributed by atoms with E-state index < -0.39 is 0 Å². The number of hydrogen-bond donors (Lipinski definition) is 0. The summed E-state index contributed by atoms with van der Waals surface area (Å²) >= 11 is 0. The largest absolute Gasteiger partial charge is 0.338 e. The lowest BCUT2D eigenvalue weighted by molar-refractivity contribution is -0.129. The first-order valence-corrected chi connectivity index (χ1v) is 9.81. The van der Waals surface area contributed by atoms with Crippen LogP contribution in [0.4, 0.5) is 4.39 Å². The molecule has 1 aromatic heterocycles. The van der Waals surface area contributed by atoms with Crippen LogP contribution in [0.2, 0.25) is 0 Å². The summed E-state index contributed by atoms with van der Waals surface area (Å²) in [6.45, 7) is 2.89. The van der Waals surface area contributed by atoms with Crippen molar-refractivity contribution < 1.29 is 9.18 Å². The molecule has 3 aromatic rings. The van der Waals surface area contributed by atoms with Crippen LogP contribution in [0.3, 0.4) is 0 Å². The maximum Gasteiger partial charge on any atom is 0.219 e. The van der Waals surface area contributed by atoms with E-state index in [1.165, 1.54) is 29.0 Å². The molecule has 1 aliphatic heterocycles. The zero-order valence-corrected chi connectivity index (χ0v) is 15.9. The van der Waals surface area contributed by atoms with E-state index in [0.717, 1.165) is 36.1 Å². The van der Waals surface area contributed by atoms with E-state index in [-0.39, 0.29) is 17.8 Å². The van der Waals surface area contributed by atoms with E-state index >= 15 is 0 Å². The maximum absolute atomic E-state index is 13.4. The molecular formula is C23H22FN3O. The highest BCUT2D eigenvalue weighted by molar-refractivity contribution is 5.74. The summed E-state index contributed by atoms with van der Waals surface area (Å²) in [5, 5.41) is 5.02. The third-order valence-corrected chi connectivity index (χ3v) is 6.05. The number of aromatic nitrogens is 2. The molecule has 2 aromatic carbocycles. The maximum atomic E-state index is 13.4. The van der Waals surface area contributed by atoms with Crippen molar-refractivity contribution in [2.45, 2.75) is 38.8 Å². The second-order valence-corrected chi connectivity index (χ2v) is 7.67. The average Bonchev–Trinajstić information content (AvgIpc) is 3.29. The smallest absolute Gasteiger partial charge is 0.219 e. The summed E-state index contributed by atoms with van der Waals surface area (Å²) in [5.74, 6) is -0.179. The van der Waals surface area contributed by atoms with E-state index in [4.69, 9.17) is 5.10 Å². The van der Waals surface area contributed by atoms with Gasteiger partial charge < -0.3 is 4.90 Å². The number of carbonyl (C=O) groups is 1. The highest BCUT2D eigenvalue weighted by Gasteiger charge is 2.32. The van der Waals surface area contributed by atoms with Crippen LogP contribution in [0, 0.1) is 5.82 Å². The predicted molar refractivity (Wildman–Crippen MR) is 105 cm³/mol. The normalized spacial score (nSPS) is 18.1. The molecular weight excluding hydrogens is 353 g/mol. The molecule has 4 nitrogen and oxygen atoms in total. The van der Waals surface area contributed by atoms with Gasteiger partial charge in [0.15, 0.2) is 0 Å². The third-order valence-electron chi connectivity index (χ3n) is 6.05. The van der Waals surface area contributed by atoms with Gasteiger partial charge in [0, 0.05) is 43.3 Å². The van der Waals surface area contributed by atoms with E-state index in [2.05, 4.69) is 28.9 Å². The van der Waals surface area contributed by atoms with Gasteiger partial charge in [0.1, 0.15) is 5.82 Å². The van der Waals surface area contributed by atoms with Crippen LogP contribution in [0.5, 0.6) is 0 Å². The van der Waals surface area contributed by atoms with Crippen LogP contribution in [-0.2, 0) is 24.2 Å². The molecule has 0 saturated carbocycles. The number of nitrogens with zero attached hydrogens (tertiary/aromatic N) is 3. The molecule has 5 rings (SSSR count). The first-order chi connectivity index (χ1) is 13.6. The van der Waals surface area contributed by atoms with Gasteiger partial charge in [-0.25, -0.2) is 4.39 Å². The molecule has 0 bridgehead atoms. The molecule has 0 radical (unpaired) electrons. The molecule has 0 saturated heterocycles. The van der Waals surface area contributed by atoms with Crippen molar-refractivity contribution in [3.05, 3.63) is 76.7 Å². The molecule has 0 N–H and O–H groups in total. The summed E-state index contributed by atoms with van der Waals surface area (Å²) < 4.78 is 15.6. The van der Waals surface area contributed by atoms with Gasteiger partial charge in [0.2, 0.25) is 5.91 Å². The lowest BCUT2D eigenvalue weighted by atomic mass is 10.00. The average molecular weight is 375 g/mol. The third kappa shape index (κ3) is 2.73. The monoisotopic (exact) mass is 375 g/mol. The van der Waals surface area contributed by atoms with Crippen LogP contribution in [0.1, 0.15) is 41.8 Å². The minimum Gasteiger partial charge on any atom is -0.338 e. The Labute approximate surface area is 163 Å². The van der Waals surface area contributed by atoms with Crippen molar-refractivity contribution in [3.8, 4) is 11.3 Å². The lowest BCUT2D eigenvalue weighted by Crippen LogP contribution is -2.35. The Morgan fingerprint density at radius 1 is 1.11 bits per heavy atom.